The van der Waals surface area contributed by atoms with Crippen LogP contribution < -0.4 is 31.9 Å². The lowest BCUT2D eigenvalue weighted by molar-refractivity contribution is -0.121. The molecule has 0 saturated carbocycles. The van der Waals surface area contributed by atoms with E-state index in [-0.39, 0.29) is 177 Å². The molecule has 0 fully saturated rings. The second-order valence-corrected chi connectivity index (χ2v) is 27.8. The predicted octanol–water partition coefficient (Wildman–Crippen LogP) is 7.14. The lowest BCUT2D eigenvalue weighted by Gasteiger charge is -2.08. The second kappa shape index (κ2) is 38.0. The fourth-order valence-corrected chi connectivity index (χ4v) is 12.7. The van der Waals surface area contributed by atoms with Crippen molar-refractivity contribution in [2.45, 2.75) is 129 Å². The summed E-state index contributed by atoms with van der Waals surface area (Å²) in [4.78, 5) is 192. The van der Waals surface area contributed by atoms with Crippen molar-refractivity contribution in [2.75, 3.05) is 55.0 Å². The van der Waals surface area contributed by atoms with Crippen molar-refractivity contribution in [3.63, 3.8) is 0 Å². The fourth-order valence-electron chi connectivity index (χ4n) is 12.7. The van der Waals surface area contributed by atoms with E-state index in [0.717, 1.165) is 19.4 Å². The van der Waals surface area contributed by atoms with E-state index in [1.807, 2.05) is 14.1 Å². The third-order valence-corrected chi connectivity index (χ3v) is 18.1. The monoisotopic (exact) mass is 1480 g/mol. The van der Waals surface area contributed by atoms with Crippen LogP contribution in [0.2, 0.25) is 0 Å². The maximum absolute atomic E-state index is 13.5. The lowest BCUT2D eigenvalue weighted by atomic mass is 10.0. The maximum Gasteiger partial charge on any atom is 0.272 e. The summed E-state index contributed by atoms with van der Waals surface area (Å²) in [5.74, 6) is -3.53. The van der Waals surface area contributed by atoms with Gasteiger partial charge in [-0.3, -0.25) is 67.1 Å². The van der Waals surface area contributed by atoms with E-state index in [1.54, 1.807) is 132 Å². The third-order valence-electron chi connectivity index (χ3n) is 18.1. The standard InChI is InChI=1S/C77H97N17O14/c1-48(95)80-52-35-65(91(8)42-52)76(107)84-55-38-64(90(7)45-55)75(106)79-28-26-71(104)81-53-36-66(92(9)43-53)77(108)85-54-37-63(89(6)44-54)74(105)78-27-17-23-60(99)34-51-46-94(11)73(82-51)70(103)39-56-47-93(10)72(83-56)68(101)25-16-21-58(97)19-14-22-59(98)30-49-31-62(88(5)40-49)69(102)33-50-32-61(87(4)41-50)67(100)24-15-20-57(96)18-12-13-29-86(2)3/h31-32,35-38,40-47H,12-30,33-34,39H2,1-11H3,(H,78,105)(H,79,106)(H,80,95)(H,81,104)(H,84,107)(H,85,108). The van der Waals surface area contributed by atoms with Crippen LogP contribution in [0.4, 0.5) is 22.7 Å². The normalized spacial score (nSPS) is 11.2. The molecule has 6 amide bonds. The number of anilines is 4. The molecule has 6 N–H and O–H groups in total. The van der Waals surface area contributed by atoms with Crippen LogP contribution in [0.3, 0.4) is 0 Å². The summed E-state index contributed by atoms with van der Waals surface area (Å²) in [6.45, 7) is 2.42. The van der Waals surface area contributed by atoms with Crippen LogP contribution in [0.1, 0.15) is 210 Å². The Labute approximate surface area is 625 Å². The summed E-state index contributed by atoms with van der Waals surface area (Å²) < 4.78 is 12.6. The molecule has 0 atom stereocenters. The van der Waals surface area contributed by atoms with Gasteiger partial charge in [0.05, 0.1) is 58.4 Å². The first-order chi connectivity index (χ1) is 51.3. The molecule has 0 aliphatic rings. The van der Waals surface area contributed by atoms with Crippen LogP contribution in [0, 0.1) is 0 Å². The second-order valence-electron chi connectivity index (χ2n) is 27.8. The highest BCUT2D eigenvalue weighted by molar-refractivity contribution is 6.07. The van der Waals surface area contributed by atoms with Gasteiger partial charge in [0.15, 0.2) is 29.0 Å². The van der Waals surface area contributed by atoms with Crippen LogP contribution in [0.5, 0.6) is 0 Å². The first kappa shape index (κ1) is 81.9. The summed E-state index contributed by atoms with van der Waals surface area (Å²) in [7, 11) is 17.3. The Morgan fingerprint density at radius 1 is 0.333 bits per heavy atom. The van der Waals surface area contributed by atoms with E-state index in [4.69, 9.17) is 0 Å². The van der Waals surface area contributed by atoms with Crippen LogP contribution >= 0.6 is 0 Å². The van der Waals surface area contributed by atoms with E-state index in [9.17, 15) is 67.1 Å². The average molecular weight is 1480 g/mol. The molecule has 0 spiro atoms. The van der Waals surface area contributed by atoms with E-state index in [0.29, 0.717) is 88.8 Å². The number of Topliss-reactive ketones (excluding diaryl/α,β-unsaturated/α-hetero) is 8. The Morgan fingerprint density at radius 2 is 0.731 bits per heavy atom. The van der Waals surface area contributed by atoms with Gasteiger partial charge in [-0.25, -0.2) is 9.97 Å². The summed E-state index contributed by atoms with van der Waals surface area (Å²) >= 11 is 0. The summed E-state index contributed by atoms with van der Waals surface area (Å²) in [5.41, 5.74) is 5.35. The van der Waals surface area contributed by atoms with Gasteiger partial charge in [0, 0.05) is 197 Å². The molecule has 0 aliphatic heterocycles. The third kappa shape index (κ3) is 23.6. The molecule has 8 heterocycles. The highest BCUT2D eigenvalue weighted by Gasteiger charge is 2.25. The molecule has 108 heavy (non-hydrogen) atoms. The van der Waals surface area contributed by atoms with Crippen molar-refractivity contribution in [1.29, 1.82) is 0 Å². The molecule has 0 radical (unpaired) electrons. The highest BCUT2D eigenvalue weighted by atomic mass is 16.2. The van der Waals surface area contributed by atoms with Crippen molar-refractivity contribution in [3.8, 4) is 0 Å². The Kier molecular flexibility index (Phi) is 28.8. The SMILES string of the molecule is CC(=O)Nc1cc(C(=O)Nc2cc(C(=O)NCCC(=O)Nc3cc(C(=O)Nc4cc(C(=O)NCCCC(=O)Cc5cn(C)c(C(=O)Cc6cn(C)c(C(=O)CCCC(=O)CCCC(=O)Cc7cc(C(=O)Cc8cc(C(=O)CCCC(=O)CCCCN(C)C)n(C)c8)n(C)c7)n6)n5)n(C)c4)n(C)c3)n(C)c2)n(C)c1. The van der Waals surface area contributed by atoms with Crippen molar-refractivity contribution in [1.82, 2.24) is 62.0 Å². The first-order valence-corrected chi connectivity index (χ1v) is 35.9. The number of rotatable bonds is 44. The van der Waals surface area contributed by atoms with Crippen molar-refractivity contribution in [2.24, 2.45) is 56.4 Å². The van der Waals surface area contributed by atoms with Gasteiger partial charge < -0.3 is 73.3 Å². The number of aryl methyl sites for hydroxylation is 8. The minimum Gasteiger partial charge on any atom is -0.351 e. The van der Waals surface area contributed by atoms with Gasteiger partial charge in [0.1, 0.15) is 45.9 Å². The number of imidazole rings is 2. The van der Waals surface area contributed by atoms with E-state index < -0.39 is 29.5 Å². The molecular formula is C77H97N17O14. The molecule has 0 bridgehead atoms. The Bertz CT molecular complexity index is 4720. The summed E-state index contributed by atoms with van der Waals surface area (Å²) in [6.07, 6.45) is 17.6. The van der Waals surface area contributed by atoms with Gasteiger partial charge in [-0.1, -0.05) is 0 Å². The van der Waals surface area contributed by atoms with Crippen molar-refractivity contribution >= 4 is 104 Å². The minimum atomic E-state index is -0.525. The number of unbranched alkanes of at least 4 members (excludes halogenated alkanes) is 1. The van der Waals surface area contributed by atoms with Gasteiger partial charge in [-0.2, -0.15) is 0 Å². The number of amides is 6. The molecule has 8 aromatic rings. The highest BCUT2D eigenvalue weighted by Crippen LogP contribution is 2.23. The predicted molar refractivity (Wildman–Crippen MR) is 402 cm³/mol. The summed E-state index contributed by atoms with van der Waals surface area (Å²) in [6, 6.07) is 9.40. The van der Waals surface area contributed by atoms with Crippen molar-refractivity contribution in [3.05, 3.63) is 154 Å². The molecule has 8 rings (SSSR count). The molecule has 31 nitrogen and oxygen atoms in total. The number of carbonyl (C=O) groups excluding carboxylic acids is 14. The topological polar surface area (TPSA) is 380 Å². The quantitative estimate of drug-likeness (QED) is 0.0163. The smallest absolute Gasteiger partial charge is 0.272 e. The van der Waals surface area contributed by atoms with Crippen molar-refractivity contribution < 1.29 is 67.1 Å². The van der Waals surface area contributed by atoms with E-state index in [1.165, 1.54) is 54.0 Å². The first-order valence-electron chi connectivity index (χ1n) is 35.9. The van der Waals surface area contributed by atoms with Gasteiger partial charge in [-0.05, 0) is 107 Å². The fraction of sp³-hybridized carbons (Fsp3) is 0.429. The van der Waals surface area contributed by atoms with Gasteiger partial charge >= 0.3 is 0 Å². The average Bonchev–Trinajstić information content (AvgIpc) is 1.70. The van der Waals surface area contributed by atoms with Crippen LogP contribution in [-0.2, 0) is 111 Å². The number of nitrogens with zero attached hydrogens (tertiary/aromatic N) is 11. The number of hydrogen-bond donors (Lipinski definition) is 6. The number of ketones is 8. The van der Waals surface area contributed by atoms with Crippen LogP contribution in [-0.4, -0.2) is 167 Å². The van der Waals surface area contributed by atoms with Gasteiger partial charge in [0.25, 0.3) is 23.6 Å². The Morgan fingerprint density at radius 3 is 1.25 bits per heavy atom. The Balaban J connectivity index is 0.678. The van der Waals surface area contributed by atoms with E-state index >= 15 is 0 Å². The minimum absolute atomic E-state index is 0.0263. The molecule has 574 valence electrons. The zero-order chi connectivity index (χ0) is 78.6. The number of hydrogen-bond acceptors (Lipinski definition) is 17. The van der Waals surface area contributed by atoms with Gasteiger partial charge in [0.2, 0.25) is 17.6 Å². The number of carbonyl (C=O) groups is 14. The lowest BCUT2D eigenvalue weighted by Crippen LogP contribution is -2.28. The molecule has 31 heteroatoms. The number of nitrogens with one attached hydrogen (secondary N) is 6. The molecule has 0 aromatic carbocycles. The molecule has 0 saturated heterocycles. The van der Waals surface area contributed by atoms with Crippen LogP contribution in [0.25, 0.3) is 0 Å². The molecule has 0 unspecified atom stereocenters. The maximum atomic E-state index is 13.5. The molecule has 0 aliphatic carbocycles. The zero-order valence-corrected chi connectivity index (χ0v) is 63.3. The molecule has 8 aromatic heterocycles. The molecular weight excluding hydrogens is 1390 g/mol. The van der Waals surface area contributed by atoms with Crippen LogP contribution in [0.15, 0.2) is 86.0 Å². The van der Waals surface area contributed by atoms with Gasteiger partial charge in [-0.15, -0.1) is 0 Å². The number of aromatic nitrogens is 10. The van der Waals surface area contributed by atoms with E-state index in [2.05, 4.69) is 46.8 Å². The summed E-state index contributed by atoms with van der Waals surface area (Å²) in [5, 5.41) is 16.4. The zero-order valence-electron chi connectivity index (χ0n) is 63.3. The Hall–Kier alpha value is -11.8. The largest absolute Gasteiger partial charge is 0.351 e.